The Morgan fingerprint density at radius 1 is 0.581 bits per heavy atom. The number of fused-ring (bicyclic) bond motifs is 12. The molecular formula is C60H50N2. The van der Waals surface area contributed by atoms with E-state index < -0.39 is 5.41 Å². The third kappa shape index (κ3) is 6.42. The molecule has 0 saturated heterocycles. The second-order valence-corrected chi connectivity index (χ2v) is 16.7. The molecule has 8 aromatic rings. The summed E-state index contributed by atoms with van der Waals surface area (Å²) < 4.78 is 0. The van der Waals surface area contributed by atoms with E-state index >= 15 is 0 Å². The van der Waals surface area contributed by atoms with Gasteiger partial charge < -0.3 is 5.73 Å². The predicted octanol–water partition coefficient (Wildman–Crippen LogP) is 14.5. The first-order valence-corrected chi connectivity index (χ1v) is 21.9. The zero-order valence-corrected chi connectivity index (χ0v) is 35.7. The normalized spacial score (nSPS) is 14.4. The summed E-state index contributed by atoms with van der Waals surface area (Å²) in [5, 5.41) is 2.59. The van der Waals surface area contributed by atoms with Gasteiger partial charge >= 0.3 is 0 Å². The highest BCUT2D eigenvalue weighted by atomic mass is 14.9. The molecule has 0 radical (unpaired) electrons. The SMILES string of the molecule is Cc1cc(/C(=C\C(=N/CN)C2=CC=CCC2)c2ccccc2)ccc1-c1c(C)c2c(c3ccccc13)-c1ccccc1C21c2ccccc2-c2ccccc21.Cc1ccccc1. The van der Waals surface area contributed by atoms with Gasteiger partial charge in [-0.3, -0.25) is 4.99 Å². The van der Waals surface area contributed by atoms with E-state index in [1.807, 2.05) is 18.2 Å². The first kappa shape index (κ1) is 39.0. The first-order chi connectivity index (χ1) is 30.5. The summed E-state index contributed by atoms with van der Waals surface area (Å²) in [4.78, 5) is 4.81. The molecule has 11 rings (SSSR count). The number of aliphatic imine (C=N–C) groups is 1. The molecule has 2 N–H and O–H groups in total. The molecule has 0 unspecified atom stereocenters. The number of hydrogen-bond donors (Lipinski definition) is 1. The van der Waals surface area contributed by atoms with E-state index in [0.29, 0.717) is 0 Å². The van der Waals surface area contributed by atoms with E-state index in [-0.39, 0.29) is 6.67 Å². The average molecular weight is 799 g/mol. The van der Waals surface area contributed by atoms with Crippen LogP contribution >= 0.6 is 0 Å². The predicted molar refractivity (Wildman–Crippen MR) is 263 cm³/mol. The van der Waals surface area contributed by atoms with Gasteiger partial charge in [0.05, 0.1) is 17.8 Å². The Kier molecular flexibility index (Phi) is 10.3. The standard InChI is InChI=1S/C53H42N2.C7H8/c1-34-31-38(45(36-17-5-3-6-18-36)32-49(55-33-54)37-19-7-4-8-20-37)29-30-39(34)50-35(2)52-51(43-24-10-9-23-42(43)50)44-25-13-16-28-48(44)53(52)46-26-14-11-21-40(46)41-22-12-15-27-47(41)53;1-7-5-3-2-4-6-7/h3-7,9-19,21-32H,8,20,33,54H2,1-2H3;2-6H,1H3/b45-32-,55-49+;. The quantitative estimate of drug-likeness (QED) is 0.167. The molecule has 0 saturated carbocycles. The zero-order chi connectivity index (χ0) is 42.2. The Bertz CT molecular complexity index is 3080. The molecule has 0 heterocycles. The van der Waals surface area contributed by atoms with E-state index in [9.17, 15) is 0 Å². The second kappa shape index (κ2) is 16.4. The smallest absolute Gasteiger partial charge is 0.0866 e. The van der Waals surface area contributed by atoms with E-state index in [2.05, 4.69) is 203 Å². The lowest BCUT2D eigenvalue weighted by Gasteiger charge is -2.33. The minimum Gasteiger partial charge on any atom is -0.312 e. The number of hydrogen-bond acceptors (Lipinski definition) is 2. The number of rotatable bonds is 6. The van der Waals surface area contributed by atoms with E-state index in [0.717, 1.165) is 35.3 Å². The van der Waals surface area contributed by atoms with E-state index in [1.165, 1.54) is 88.7 Å². The second-order valence-electron chi connectivity index (χ2n) is 16.7. The van der Waals surface area contributed by atoms with Crippen LogP contribution in [0.4, 0.5) is 0 Å². The molecular weight excluding hydrogens is 749 g/mol. The summed E-state index contributed by atoms with van der Waals surface area (Å²) in [7, 11) is 0. The van der Waals surface area contributed by atoms with Crippen molar-refractivity contribution in [1.29, 1.82) is 0 Å². The molecule has 62 heavy (non-hydrogen) atoms. The summed E-state index contributed by atoms with van der Waals surface area (Å²) in [6, 6.07) is 64.4. The molecule has 1 spiro atoms. The fourth-order valence-corrected chi connectivity index (χ4v) is 10.5. The van der Waals surface area contributed by atoms with Crippen LogP contribution in [0.1, 0.15) is 62.9 Å². The van der Waals surface area contributed by atoms with Crippen molar-refractivity contribution in [1.82, 2.24) is 0 Å². The topological polar surface area (TPSA) is 38.4 Å². The Morgan fingerprint density at radius 2 is 1.15 bits per heavy atom. The summed E-state index contributed by atoms with van der Waals surface area (Å²) in [5.41, 5.74) is 28.6. The van der Waals surface area contributed by atoms with Gasteiger partial charge in [0.2, 0.25) is 0 Å². The molecule has 8 aromatic carbocycles. The largest absolute Gasteiger partial charge is 0.312 e. The molecule has 2 nitrogen and oxygen atoms in total. The van der Waals surface area contributed by atoms with Crippen molar-refractivity contribution in [3.8, 4) is 33.4 Å². The van der Waals surface area contributed by atoms with Crippen LogP contribution in [0, 0.1) is 20.8 Å². The van der Waals surface area contributed by atoms with Crippen molar-refractivity contribution in [2.45, 2.75) is 39.0 Å². The maximum Gasteiger partial charge on any atom is 0.0866 e. The van der Waals surface area contributed by atoms with E-state index in [1.54, 1.807) is 0 Å². The monoisotopic (exact) mass is 798 g/mol. The van der Waals surface area contributed by atoms with Gasteiger partial charge in [-0.25, -0.2) is 0 Å². The molecule has 0 amide bonds. The maximum atomic E-state index is 6.06. The molecule has 0 fully saturated rings. The third-order valence-electron chi connectivity index (χ3n) is 13.1. The summed E-state index contributed by atoms with van der Waals surface area (Å²) in [6.07, 6.45) is 10.7. The number of aryl methyl sites for hydroxylation is 2. The molecule has 3 aliphatic carbocycles. The van der Waals surface area contributed by atoms with Gasteiger partial charge in [0.25, 0.3) is 0 Å². The van der Waals surface area contributed by atoms with Gasteiger partial charge in [0.15, 0.2) is 0 Å². The molecule has 0 aromatic heterocycles. The Hall–Kier alpha value is -7.13. The van der Waals surface area contributed by atoms with Gasteiger partial charge in [-0.15, -0.1) is 0 Å². The summed E-state index contributed by atoms with van der Waals surface area (Å²) >= 11 is 0. The Morgan fingerprint density at radius 3 is 1.73 bits per heavy atom. The number of nitrogens with two attached hydrogens (primary N) is 1. The van der Waals surface area contributed by atoms with Crippen LogP contribution in [0.25, 0.3) is 49.7 Å². The van der Waals surface area contributed by atoms with Gasteiger partial charge in [0.1, 0.15) is 0 Å². The van der Waals surface area contributed by atoms with Crippen LogP contribution in [-0.2, 0) is 5.41 Å². The molecule has 0 atom stereocenters. The zero-order valence-electron chi connectivity index (χ0n) is 35.7. The van der Waals surface area contributed by atoms with Crippen molar-refractivity contribution in [3.63, 3.8) is 0 Å². The van der Waals surface area contributed by atoms with Crippen LogP contribution in [0.2, 0.25) is 0 Å². The van der Waals surface area contributed by atoms with Gasteiger partial charge in [-0.1, -0.05) is 200 Å². The van der Waals surface area contributed by atoms with Crippen molar-refractivity contribution in [2.24, 2.45) is 10.7 Å². The highest BCUT2D eigenvalue weighted by molar-refractivity contribution is 6.15. The minimum atomic E-state index is -0.416. The lowest BCUT2D eigenvalue weighted by molar-refractivity contribution is 0.787. The van der Waals surface area contributed by atoms with Crippen LogP contribution in [0.5, 0.6) is 0 Å². The number of allylic oxidation sites excluding steroid dienone is 5. The van der Waals surface area contributed by atoms with Crippen molar-refractivity contribution < 1.29 is 0 Å². The van der Waals surface area contributed by atoms with E-state index in [4.69, 9.17) is 10.7 Å². The highest BCUT2D eigenvalue weighted by Gasteiger charge is 2.53. The van der Waals surface area contributed by atoms with Crippen LogP contribution in [-0.4, -0.2) is 12.4 Å². The van der Waals surface area contributed by atoms with Crippen LogP contribution < -0.4 is 5.73 Å². The number of benzene rings is 8. The highest BCUT2D eigenvalue weighted by Crippen LogP contribution is 2.65. The van der Waals surface area contributed by atoms with Gasteiger partial charge in [-0.05, 0) is 139 Å². The van der Waals surface area contributed by atoms with Crippen molar-refractivity contribution >= 4 is 22.1 Å². The molecule has 2 heteroatoms. The molecule has 300 valence electrons. The van der Waals surface area contributed by atoms with Crippen molar-refractivity contribution in [2.75, 3.05) is 6.67 Å². The van der Waals surface area contributed by atoms with Crippen LogP contribution in [0.15, 0.2) is 211 Å². The Labute approximate surface area is 366 Å². The van der Waals surface area contributed by atoms with Crippen LogP contribution in [0.3, 0.4) is 0 Å². The van der Waals surface area contributed by atoms with Crippen molar-refractivity contribution in [3.05, 3.63) is 256 Å². The first-order valence-electron chi connectivity index (χ1n) is 21.9. The Balaban J connectivity index is 0.000000598. The molecule has 3 aliphatic rings. The summed E-state index contributed by atoms with van der Waals surface area (Å²) in [6.45, 7) is 6.98. The molecule has 0 aliphatic heterocycles. The lowest BCUT2D eigenvalue weighted by atomic mass is 9.68. The minimum absolute atomic E-state index is 0.248. The fraction of sp³-hybridized carbons (Fsp3) is 0.117. The molecule has 0 bridgehead atoms. The maximum absolute atomic E-state index is 6.06. The summed E-state index contributed by atoms with van der Waals surface area (Å²) in [5.74, 6) is 0. The van der Waals surface area contributed by atoms with Gasteiger partial charge in [0, 0.05) is 0 Å². The average Bonchev–Trinajstić information content (AvgIpc) is 3.80. The lowest BCUT2D eigenvalue weighted by Crippen LogP contribution is -2.27. The fourth-order valence-electron chi connectivity index (χ4n) is 10.5. The number of nitrogens with zero attached hydrogens (tertiary/aromatic N) is 1. The van der Waals surface area contributed by atoms with Gasteiger partial charge in [-0.2, -0.15) is 0 Å². The third-order valence-corrected chi connectivity index (χ3v) is 13.1.